The van der Waals surface area contributed by atoms with Crippen molar-refractivity contribution in [3.8, 4) is 0 Å². The number of fused-ring (bicyclic) bond motifs is 7. The van der Waals surface area contributed by atoms with Crippen molar-refractivity contribution < 1.29 is 94.5 Å². The molecular formula is C48H78O19. The number of rotatable bonds is 10. The van der Waals surface area contributed by atoms with Crippen LogP contribution in [0.5, 0.6) is 0 Å². The zero-order valence-corrected chi connectivity index (χ0v) is 39.7. The van der Waals surface area contributed by atoms with Gasteiger partial charge in [0.15, 0.2) is 12.6 Å². The lowest BCUT2D eigenvalue weighted by Crippen LogP contribution is -2.67. The molecule has 0 aromatic heterocycles. The number of aliphatic hydroxyl groups is 12. The van der Waals surface area contributed by atoms with Gasteiger partial charge in [0.2, 0.25) is 6.29 Å². The summed E-state index contributed by atoms with van der Waals surface area (Å²) in [4.78, 5) is 15.0. The van der Waals surface area contributed by atoms with Crippen molar-refractivity contribution in [3.63, 3.8) is 0 Å². The summed E-state index contributed by atoms with van der Waals surface area (Å²) in [5.74, 6) is -0.587. The predicted octanol–water partition coefficient (Wildman–Crippen LogP) is -0.887. The summed E-state index contributed by atoms with van der Waals surface area (Å²) in [5, 5.41) is 130. The van der Waals surface area contributed by atoms with Gasteiger partial charge in [-0.3, -0.25) is 4.79 Å². The van der Waals surface area contributed by atoms with E-state index in [1.165, 1.54) is 12.5 Å². The number of hydrogen-bond donors (Lipinski definition) is 12. The van der Waals surface area contributed by atoms with E-state index in [4.69, 9.17) is 28.4 Å². The lowest BCUT2D eigenvalue weighted by Gasteiger charge is -2.71. The molecule has 4 saturated carbocycles. The van der Waals surface area contributed by atoms with E-state index < -0.39 is 134 Å². The number of carbonyl (C=O) groups excluding carboxylic acids is 1. The molecule has 12 N–H and O–H groups in total. The van der Waals surface area contributed by atoms with E-state index in [1.807, 2.05) is 13.8 Å². The molecular weight excluding hydrogens is 881 g/mol. The van der Waals surface area contributed by atoms with Gasteiger partial charge in [0.05, 0.1) is 37.4 Å². The zero-order chi connectivity index (χ0) is 49.0. The first kappa shape index (κ1) is 51.9. The molecule has 25 atom stereocenters. The highest BCUT2D eigenvalue weighted by Gasteiger charge is 2.70. The Labute approximate surface area is 392 Å². The predicted molar refractivity (Wildman–Crippen MR) is 232 cm³/mol. The molecule has 3 aliphatic heterocycles. The normalized spacial score (nSPS) is 55.6. The van der Waals surface area contributed by atoms with Crippen molar-refractivity contribution in [2.75, 3.05) is 26.4 Å². The van der Waals surface area contributed by atoms with Gasteiger partial charge in [-0.05, 0) is 111 Å². The van der Waals surface area contributed by atoms with Gasteiger partial charge in [-0.25, -0.2) is 0 Å². The number of aliphatic hydroxyl groups excluding tert-OH is 12. The molecule has 67 heavy (non-hydrogen) atoms. The minimum atomic E-state index is -1.95. The Hall–Kier alpha value is -1.47. The quantitative estimate of drug-likeness (QED) is 0.0934. The summed E-state index contributed by atoms with van der Waals surface area (Å²) in [6.45, 7) is 10.7. The molecule has 5 aliphatic carbocycles. The Balaban J connectivity index is 0.994. The molecule has 0 radical (unpaired) electrons. The van der Waals surface area contributed by atoms with Crippen molar-refractivity contribution in [1.82, 2.24) is 0 Å². The topological polar surface area (TPSA) is 315 Å². The first-order valence-electron chi connectivity index (χ1n) is 24.5. The minimum absolute atomic E-state index is 0.0772. The SMILES string of the molecule is CC1OC(OC2C(CO)OC(OC3C(CO)OC(OC(=O)C45CCC(C)(CO)CC4C4=CCC6C7(C)CCC(O)C(C)(CO)C7CCC6(C)C4(C)CC5)C(O)C3O)C(O)C2O)C(O)C(O)C1O. The third-order valence-electron chi connectivity index (χ3n) is 19.7. The number of carbonyl (C=O) groups is 1. The third-order valence-corrected chi connectivity index (χ3v) is 19.7. The summed E-state index contributed by atoms with van der Waals surface area (Å²) in [6, 6.07) is 0. The summed E-state index contributed by atoms with van der Waals surface area (Å²) >= 11 is 0. The second-order valence-corrected chi connectivity index (χ2v) is 23.1. The largest absolute Gasteiger partial charge is 0.432 e. The van der Waals surface area contributed by atoms with Crippen LogP contribution in [-0.4, -0.2) is 192 Å². The summed E-state index contributed by atoms with van der Waals surface area (Å²) in [7, 11) is 0. The molecule has 8 rings (SSSR count). The van der Waals surface area contributed by atoms with Crippen LogP contribution in [0.4, 0.5) is 0 Å². The number of hydrogen-bond acceptors (Lipinski definition) is 19. The standard InChI is InChI=1S/C48H78O19/c1-22-30(54)31(55)34(58)39(62-22)65-37-25(18-49)63-40(35(59)32(37)56)66-38-26(19-50)64-41(36(60)33(38)57)67-42(61)48-15-13-43(2,20-51)17-24(48)23-7-8-28-44(3)11-10-29(53)45(4,21-52)27(44)9-12-47(28,6)46(23,5)14-16-48/h7,22,24-41,49-60H,8-21H2,1-6H3. The van der Waals surface area contributed by atoms with Crippen LogP contribution in [0.15, 0.2) is 11.6 Å². The van der Waals surface area contributed by atoms with Crippen LogP contribution in [0, 0.1) is 50.2 Å². The fraction of sp³-hybridized carbons (Fsp3) is 0.938. The average Bonchev–Trinajstić information content (AvgIpc) is 3.30. The average molecular weight is 959 g/mol. The fourth-order valence-electron chi connectivity index (χ4n) is 15.0. The van der Waals surface area contributed by atoms with Crippen molar-refractivity contribution in [1.29, 1.82) is 0 Å². The van der Waals surface area contributed by atoms with Crippen LogP contribution in [0.25, 0.3) is 0 Å². The first-order chi connectivity index (χ1) is 31.4. The van der Waals surface area contributed by atoms with Crippen LogP contribution in [-0.2, 0) is 33.2 Å². The molecule has 384 valence electrons. The van der Waals surface area contributed by atoms with Gasteiger partial charge < -0.3 is 89.7 Å². The Morgan fingerprint density at radius 3 is 1.81 bits per heavy atom. The Morgan fingerprint density at radius 1 is 0.642 bits per heavy atom. The Bertz CT molecular complexity index is 1820. The second kappa shape index (κ2) is 18.5. The van der Waals surface area contributed by atoms with Crippen LogP contribution in [0.3, 0.4) is 0 Å². The van der Waals surface area contributed by atoms with E-state index in [0.717, 1.165) is 25.7 Å². The monoisotopic (exact) mass is 959 g/mol. The lowest BCUT2D eigenvalue weighted by molar-refractivity contribution is -0.377. The second-order valence-electron chi connectivity index (χ2n) is 23.1. The third kappa shape index (κ3) is 8.01. The van der Waals surface area contributed by atoms with Gasteiger partial charge in [0, 0.05) is 12.0 Å². The van der Waals surface area contributed by atoms with Gasteiger partial charge in [-0.15, -0.1) is 0 Å². The van der Waals surface area contributed by atoms with Gasteiger partial charge in [0.1, 0.15) is 67.1 Å². The van der Waals surface area contributed by atoms with Gasteiger partial charge >= 0.3 is 5.97 Å². The molecule has 25 unspecified atom stereocenters. The maximum Gasteiger partial charge on any atom is 0.315 e. The molecule has 8 aliphatic rings. The maximum atomic E-state index is 15.0. The molecule has 19 heteroatoms. The van der Waals surface area contributed by atoms with Crippen LogP contribution in [0.1, 0.15) is 106 Å². The van der Waals surface area contributed by atoms with Crippen molar-refractivity contribution in [3.05, 3.63) is 11.6 Å². The minimum Gasteiger partial charge on any atom is -0.432 e. The van der Waals surface area contributed by atoms with E-state index in [2.05, 4.69) is 26.8 Å². The number of allylic oxidation sites excluding steroid dienone is 2. The molecule has 0 aromatic rings. The first-order valence-corrected chi connectivity index (χ1v) is 24.5. The van der Waals surface area contributed by atoms with Crippen molar-refractivity contribution in [2.45, 2.75) is 204 Å². The van der Waals surface area contributed by atoms with E-state index in [1.54, 1.807) is 0 Å². The van der Waals surface area contributed by atoms with Gasteiger partial charge in [0.25, 0.3) is 0 Å². The number of ether oxygens (including phenoxy) is 6. The Kier molecular flexibility index (Phi) is 14.4. The summed E-state index contributed by atoms with van der Waals surface area (Å²) < 4.78 is 34.8. The van der Waals surface area contributed by atoms with Crippen molar-refractivity contribution >= 4 is 5.97 Å². The highest BCUT2D eigenvalue weighted by atomic mass is 16.8. The smallest absolute Gasteiger partial charge is 0.315 e. The highest BCUT2D eigenvalue weighted by molar-refractivity contribution is 5.79. The summed E-state index contributed by atoms with van der Waals surface area (Å²) in [5.41, 5.74) is -1.67. The highest BCUT2D eigenvalue weighted by Crippen LogP contribution is 2.76. The fourth-order valence-corrected chi connectivity index (χ4v) is 15.0. The van der Waals surface area contributed by atoms with Crippen LogP contribution in [0.2, 0.25) is 0 Å². The van der Waals surface area contributed by atoms with Crippen molar-refractivity contribution in [2.24, 2.45) is 50.2 Å². The van der Waals surface area contributed by atoms with Gasteiger partial charge in [-0.2, -0.15) is 0 Å². The van der Waals surface area contributed by atoms with E-state index >= 15 is 0 Å². The molecule has 0 bridgehead atoms. The van der Waals surface area contributed by atoms with E-state index in [-0.39, 0.29) is 47.2 Å². The van der Waals surface area contributed by atoms with E-state index in [0.29, 0.717) is 38.5 Å². The molecule has 3 heterocycles. The van der Waals surface area contributed by atoms with Crippen LogP contribution >= 0.6 is 0 Å². The van der Waals surface area contributed by atoms with Gasteiger partial charge in [-0.1, -0.05) is 46.3 Å². The van der Waals surface area contributed by atoms with Crippen LogP contribution < -0.4 is 0 Å². The zero-order valence-electron chi connectivity index (χ0n) is 39.7. The molecule has 3 saturated heterocycles. The number of esters is 1. The van der Waals surface area contributed by atoms with E-state index in [9.17, 15) is 66.1 Å². The maximum absolute atomic E-state index is 15.0. The lowest BCUT2D eigenvalue weighted by atomic mass is 9.33. The molecule has 0 aromatic carbocycles. The summed E-state index contributed by atoms with van der Waals surface area (Å²) in [6.07, 6.45) is -16.7. The molecule has 7 fully saturated rings. The molecule has 0 amide bonds. The molecule has 0 spiro atoms. The Morgan fingerprint density at radius 2 is 1.21 bits per heavy atom. The molecule has 19 nitrogen and oxygen atoms in total.